The molecule has 0 radical (unpaired) electrons. The molecule has 1 unspecified atom stereocenters. The maximum Gasteiger partial charge on any atom is 0.194 e. The lowest BCUT2D eigenvalue weighted by molar-refractivity contribution is 0.170. The first-order chi connectivity index (χ1) is 9.93. The smallest absolute Gasteiger partial charge is 0.194 e. The van der Waals surface area contributed by atoms with Crippen molar-refractivity contribution in [2.24, 2.45) is 0 Å². The molecule has 1 N–H and O–H groups in total. The van der Waals surface area contributed by atoms with Crippen LogP contribution < -0.4 is 4.74 Å². The van der Waals surface area contributed by atoms with Gasteiger partial charge in [-0.05, 0) is 29.8 Å². The molecule has 112 valence electrons. The highest BCUT2D eigenvalue weighted by atomic mass is 35.5. The molecule has 6 heteroatoms. The number of hydrogen-bond donors (Lipinski definition) is 1. The van der Waals surface area contributed by atoms with Crippen LogP contribution in [0, 0.1) is 17.5 Å². The van der Waals surface area contributed by atoms with Crippen molar-refractivity contribution in [1.82, 2.24) is 0 Å². The van der Waals surface area contributed by atoms with Crippen molar-refractivity contribution >= 4 is 11.6 Å². The molecule has 0 aromatic heterocycles. The molecule has 0 saturated heterocycles. The van der Waals surface area contributed by atoms with Crippen molar-refractivity contribution < 1.29 is 23.0 Å². The monoisotopic (exact) mass is 316 g/mol. The molecule has 2 aromatic rings. The van der Waals surface area contributed by atoms with E-state index in [0.29, 0.717) is 16.3 Å². The van der Waals surface area contributed by atoms with Gasteiger partial charge in [-0.15, -0.1) is 0 Å². The molecule has 2 rings (SSSR count). The summed E-state index contributed by atoms with van der Waals surface area (Å²) in [6.07, 6.45) is -1.40. The second kappa shape index (κ2) is 6.37. The Kier molecular flexibility index (Phi) is 4.75. The number of ether oxygens (including phenoxy) is 1. The Labute approximate surface area is 124 Å². The number of benzene rings is 2. The van der Waals surface area contributed by atoms with Crippen LogP contribution in [-0.4, -0.2) is 12.2 Å². The molecule has 0 saturated carbocycles. The maximum atomic E-state index is 13.6. The minimum atomic E-state index is -1.61. The van der Waals surface area contributed by atoms with Crippen molar-refractivity contribution in [2.75, 3.05) is 7.11 Å². The molecule has 0 aliphatic carbocycles. The van der Waals surface area contributed by atoms with Crippen molar-refractivity contribution in [1.29, 1.82) is 0 Å². The molecule has 0 fully saturated rings. The van der Waals surface area contributed by atoms with Crippen molar-refractivity contribution in [2.45, 2.75) is 12.5 Å². The third kappa shape index (κ3) is 3.31. The standard InChI is InChI=1S/C15H12ClF3O2/c1-21-13-5-2-9(16)6-8(13)7-12(20)10-3-4-11(17)15(19)14(10)18/h2-6,12,20H,7H2,1H3. The highest BCUT2D eigenvalue weighted by molar-refractivity contribution is 6.30. The Morgan fingerprint density at radius 3 is 2.52 bits per heavy atom. The van der Waals surface area contributed by atoms with Gasteiger partial charge in [0.25, 0.3) is 0 Å². The second-order valence-corrected chi connectivity index (χ2v) is 4.88. The Morgan fingerprint density at radius 1 is 1.14 bits per heavy atom. The highest BCUT2D eigenvalue weighted by Crippen LogP contribution is 2.29. The van der Waals surface area contributed by atoms with E-state index in [0.717, 1.165) is 12.1 Å². The SMILES string of the molecule is COc1ccc(Cl)cc1CC(O)c1ccc(F)c(F)c1F. The number of halogens is 4. The molecule has 0 aliphatic heterocycles. The average molecular weight is 317 g/mol. The summed E-state index contributed by atoms with van der Waals surface area (Å²) in [6, 6.07) is 6.55. The topological polar surface area (TPSA) is 29.5 Å². The van der Waals surface area contributed by atoms with Gasteiger partial charge in [0.15, 0.2) is 17.5 Å². The van der Waals surface area contributed by atoms with Crippen LogP contribution in [-0.2, 0) is 6.42 Å². The van der Waals surface area contributed by atoms with E-state index in [1.54, 1.807) is 18.2 Å². The van der Waals surface area contributed by atoms with Gasteiger partial charge in [0.1, 0.15) is 5.75 Å². The van der Waals surface area contributed by atoms with Gasteiger partial charge in [0.05, 0.1) is 13.2 Å². The van der Waals surface area contributed by atoms with E-state index in [2.05, 4.69) is 0 Å². The quantitative estimate of drug-likeness (QED) is 0.863. The molecule has 2 nitrogen and oxygen atoms in total. The Hall–Kier alpha value is -1.72. The van der Waals surface area contributed by atoms with Crippen LogP contribution in [0.25, 0.3) is 0 Å². The molecule has 0 bridgehead atoms. The molecule has 2 aromatic carbocycles. The normalized spacial score (nSPS) is 12.3. The van der Waals surface area contributed by atoms with Crippen LogP contribution in [0.2, 0.25) is 5.02 Å². The van der Waals surface area contributed by atoms with Crippen molar-refractivity contribution in [3.05, 3.63) is 63.9 Å². The van der Waals surface area contributed by atoms with Gasteiger partial charge in [0, 0.05) is 17.0 Å². The molecular formula is C15H12ClF3O2. The zero-order valence-corrected chi connectivity index (χ0v) is 11.8. The summed E-state index contributed by atoms with van der Waals surface area (Å²) in [5.41, 5.74) is 0.206. The molecule has 21 heavy (non-hydrogen) atoms. The van der Waals surface area contributed by atoms with Crippen molar-refractivity contribution in [3.63, 3.8) is 0 Å². The van der Waals surface area contributed by atoms with E-state index in [9.17, 15) is 18.3 Å². The predicted molar refractivity (Wildman–Crippen MR) is 73.0 cm³/mol. The van der Waals surface area contributed by atoms with Crippen LogP contribution in [0.5, 0.6) is 5.75 Å². The Balaban J connectivity index is 2.32. The van der Waals surface area contributed by atoms with Gasteiger partial charge in [-0.25, -0.2) is 13.2 Å². The second-order valence-electron chi connectivity index (χ2n) is 4.44. The summed E-state index contributed by atoms with van der Waals surface area (Å²) < 4.78 is 44.8. The number of aliphatic hydroxyl groups excluding tert-OH is 1. The fourth-order valence-electron chi connectivity index (χ4n) is 2.02. The lowest BCUT2D eigenvalue weighted by Gasteiger charge is -2.15. The minimum Gasteiger partial charge on any atom is -0.496 e. The Bertz CT molecular complexity index is 662. The lowest BCUT2D eigenvalue weighted by atomic mass is 10.00. The van der Waals surface area contributed by atoms with Crippen LogP contribution >= 0.6 is 11.6 Å². The summed E-state index contributed by atoms with van der Waals surface area (Å²) in [7, 11) is 1.44. The molecule has 0 aliphatic rings. The molecule has 0 amide bonds. The van der Waals surface area contributed by atoms with E-state index < -0.39 is 23.6 Å². The summed E-state index contributed by atoms with van der Waals surface area (Å²) in [6.45, 7) is 0. The number of aliphatic hydroxyl groups is 1. The molecule has 0 spiro atoms. The summed E-state index contributed by atoms with van der Waals surface area (Å²) >= 11 is 5.86. The largest absolute Gasteiger partial charge is 0.496 e. The van der Waals surface area contributed by atoms with Gasteiger partial charge >= 0.3 is 0 Å². The minimum absolute atomic E-state index is 0.0499. The first-order valence-corrected chi connectivity index (χ1v) is 6.45. The van der Waals surface area contributed by atoms with Crippen molar-refractivity contribution in [3.8, 4) is 5.75 Å². The first kappa shape index (κ1) is 15.7. The van der Waals surface area contributed by atoms with E-state index in [-0.39, 0.29) is 12.0 Å². The third-order valence-corrected chi connectivity index (χ3v) is 3.31. The fraction of sp³-hybridized carbons (Fsp3) is 0.200. The van der Waals surface area contributed by atoms with Gasteiger partial charge in [-0.2, -0.15) is 0 Å². The van der Waals surface area contributed by atoms with E-state index in [1.807, 2.05) is 0 Å². The number of methoxy groups -OCH3 is 1. The van der Waals surface area contributed by atoms with Crippen LogP contribution in [0.4, 0.5) is 13.2 Å². The van der Waals surface area contributed by atoms with E-state index >= 15 is 0 Å². The Morgan fingerprint density at radius 2 is 1.86 bits per heavy atom. The van der Waals surface area contributed by atoms with Gasteiger partial charge in [-0.1, -0.05) is 17.7 Å². The summed E-state index contributed by atoms with van der Waals surface area (Å²) in [5.74, 6) is -3.85. The number of hydrogen-bond acceptors (Lipinski definition) is 2. The van der Waals surface area contributed by atoms with Gasteiger partial charge < -0.3 is 9.84 Å². The van der Waals surface area contributed by atoms with E-state index in [4.69, 9.17) is 16.3 Å². The maximum absolute atomic E-state index is 13.6. The van der Waals surface area contributed by atoms with E-state index in [1.165, 1.54) is 7.11 Å². The van der Waals surface area contributed by atoms with Crippen LogP contribution in [0.15, 0.2) is 30.3 Å². The van der Waals surface area contributed by atoms with Crippen LogP contribution in [0.3, 0.4) is 0 Å². The lowest BCUT2D eigenvalue weighted by Crippen LogP contribution is -2.08. The average Bonchev–Trinajstić information content (AvgIpc) is 2.45. The molecule has 0 heterocycles. The molecule has 1 atom stereocenters. The first-order valence-electron chi connectivity index (χ1n) is 6.08. The molecular weight excluding hydrogens is 305 g/mol. The van der Waals surface area contributed by atoms with Crippen LogP contribution in [0.1, 0.15) is 17.2 Å². The zero-order chi connectivity index (χ0) is 15.6. The zero-order valence-electron chi connectivity index (χ0n) is 11.0. The number of rotatable bonds is 4. The highest BCUT2D eigenvalue weighted by Gasteiger charge is 2.20. The predicted octanol–water partition coefficient (Wildman–Crippen LogP) is 4.04. The summed E-state index contributed by atoms with van der Waals surface area (Å²) in [5, 5.41) is 10.5. The summed E-state index contributed by atoms with van der Waals surface area (Å²) in [4.78, 5) is 0. The van der Waals surface area contributed by atoms with Gasteiger partial charge in [0.2, 0.25) is 0 Å². The third-order valence-electron chi connectivity index (χ3n) is 3.08. The fourth-order valence-corrected chi connectivity index (χ4v) is 2.22. The van der Waals surface area contributed by atoms with Gasteiger partial charge in [-0.3, -0.25) is 0 Å².